The summed E-state index contributed by atoms with van der Waals surface area (Å²) in [7, 11) is 0. The molecule has 0 aromatic carbocycles. The maximum absolute atomic E-state index is 12.0. The van der Waals surface area contributed by atoms with Gasteiger partial charge in [0, 0.05) is 6.04 Å². The Morgan fingerprint density at radius 2 is 2.06 bits per heavy atom. The summed E-state index contributed by atoms with van der Waals surface area (Å²) in [6.45, 7) is 4.09. The number of carbonyl (C=O) groups is 1. The van der Waals surface area contributed by atoms with Crippen molar-refractivity contribution in [2.24, 2.45) is 5.92 Å². The van der Waals surface area contributed by atoms with Gasteiger partial charge in [0.05, 0.1) is 5.69 Å². The van der Waals surface area contributed by atoms with Gasteiger partial charge >= 0.3 is 0 Å². The van der Waals surface area contributed by atoms with Crippen molar-refractivity contribution in [1.82, 2.24) is 10.3 Å². The first-order chi connectivity index (χ1) is 8.06. The molecule has 1 aliphatic rings. The molecule has 1 fully saturated rings. The molecule has 17 heavy (non-hydrogen) atoms. The van der Waals surface area contributed by atoms with Crippen molar-refractivity contribution in [3.8, 4) is 0 Å². The minimum Gasteiger partial charge on any atom is -0.375 e. The number of aromatic nitrogens is 1. The number of amides is 1. The van der Waals surface area contributed by atoms with Crippen molar-refractivity contribution in [3.05, 3.63) is 10.6 Å². The van der Waals surface area contributed by atoms with Gasteiger partial charge in [0.2, 0.25) is 0 Å². The normalized spacial score (nSPS) is 24.6. The van der Waals surface area contributed by atoms with Crippen LogP contribution >= 0.6 is 11.3 Å². The standard InChI is InChI=1S/C12H19N3OS/c1-7-3-5-9(6-4-7)15-11(16)10-8(2)14-12(13)17-10/h7,9H,3-6H2,1-2H3,(H2,13,14)(H,15,16). The number of thiazole rings is 1. The highest BCUT2D eigenvalue weighted by molar-refractivity contribution is 7.17. The van der Waals surface area contributed by atoms with Gasteiger partial charge in [0.1, 0.15) is 4.88 Å². The van der Waals surface area contributed by atoms with Gasteiger partial charge in [-0.25, -0.2) is 4.98 Å². The topological polar surface area (TPSA) is 68.0 Å². The van der Waals surface area contributed by atoms with E-state index in [0.717, 1.165) is 24.5 Å². The summed E-state index contributed by atoms with van der Waals surface area (Å²) in [6.07, 6.45) is 4.57. The Hall–Kier alpha value is -1.10. The van der Waals surface area contributed by atoms with Gasteiger partial charge in [-0.05, 0) is 38.5 Å². The second-order valence-corrected chi connectivity index (χ2v) is 5.93. The van der Waals surface area contributed by atoms with Crippen LogP contribution in [-0.2, 0) is 0 Å². The fraction of sp³-hybridized carbons (Fsp3) is 0.667. The first-order valence-corrected chi connectivity index (χ1v) is 6.91. The first kappa shape index (κ1) is 12.4. The number of nitrogen functional groups attached to an aromatic ring is 1. The number of rotatable bonds is 2. The van der Waals surface area contributed by atoms with Crippen LogP contribution in [0.5, 0.6) is 0 Å². The van der Waals surface area contributed by atoms with Crippen molar-refractivity contribution in [2.45, 2.75) is 45.6 Å². The molecule has 1 amide bonds. The Morgan fingerprint density at radius 1 is 1.41 bits per heavy atom. The average molecular weight is 253 g/mol. The van der Waals surface area contributed by atoms with Crippen LogP contribution in [0.15, 0.2) is 0 Å². The molecule has 3 N–H and O–H groups in total. The molecular formula is C12H19N3OS. The SMILES string of the molecule is Cc1nc(N)sc1C(=O)NC1CCC(C)CC1. The summed E-state index contributed by atoms with van der Waals surface area (Å²) in [5, 5.41) is 3.55. The van der Waals surface area contributed by atoms with Crippen LogP contribution in [0.4, 0.5) is 5.13 Å². The van der Waals surface area contributed by atoms with Crippen molar-refractivity contribution >= 4 is 22.4 Å². The van der Waals surface area contributed by atoms with E-state index in [1.807, 2.05) is 6.92 Å². The number of carbonyl (C=O) groups excluding carboxylic acids is 1. The summed E-state index contributed by atoms with van der Waals surface area (Å²) >= 11 is 1.27. The van der Waals surface area contributed by atoms with E-state index in [2.05, 4.69) is 17.2 Å². The number of aryl methyl sites for hydroxylation is 1. The molecule has 1 aromatic rings. The molecule has 0 bridgehead atoms. The van der Waals surface area contributed by atoms with Crippen molar-refractivity contribution in [1.29, 1.82) is 0 Å². The molecule has 0 atom stereocenters. The summed E-state index contributed by atoms with van der Waals surface area (Å²) in [5.41, 5.74) is 6.33. The van der Waals surface area contributed by atoms with E-state index >= 15 is 0 Å². The molecular weight excluding hydrogens is 234 g/mol. The highest BCUT2D eigenvalue weighted by Crippen LogP contribution is 2.25. The third-order valence-corrected chi connectivity index (χ3v) is 4.36. The second kappa shape index (κ2) is 5.04. The summed E-state index contributed by atoms with van der Waals surface area (Å²) in [6, 6.07) is 0.321. The molecule has 0 spiro atoms. The minimum absolute atomic E-state index is 0.0174. The van der Waals surface area contributed by atoms with Crippen LogP contribution in [0.1, 0.15) is 48.0 Å². The number of nitrogens with one attached hydrogen (secondary N) is 1. The van der Waals surface area contributed by atoms with Gasteiger partial charge in [-0.3, -0.25) is 4.79 Å². The van der Waals surface area contributed by atoms with Crippen molar-refractivity contribution in [3.63, 3.8) is 0 Å². The van der Waals surface area contributed by atoms with Crippen molar-refractivity contribution < 1.29 is 4.79 Å². The second-order valence-electron chi connectivity index (χ2n) is 4.90. The largest absolute Gasteiger partial charge is 0.375 e. The van der Waals surface area contributed by atoms with E-state index in [-0.39, 0.29) is 5.91 Å². The molecule has 94 valence electrons. The highest BCUT2D eigenvalue weighted by atomic mass is 32.1. The van der Waals surface area contributed by atoms with Gasteiger partial charge in [-0.2, -0.15) is 0 Å². The smallest absolute Gasteiger partial charge is 0.263 e. The van der Waals surface area contributed by atoms with E-state index in [9.17, 15) is 4.79 Å². The fourth-order valence-electron chi connectivity index (χ4n) is 2.28. The van der Waals surface area contributed by atoms with Gasteiger partial charge in [0.15, 0.2) is 5.13 Å². The third-order valence-electron chi connectivity index (χ3n) is 3.37. The molecule has 5 heteroatoms. The van der Waals surface area contributed by atoms with E-state index in [1.54, 1.807) is 0 Å². The van der Waals surface area contributed by atoms with E-state index in [0.29, 0.717) is 16.1 Å². The molecule has 1 saturated carbocycles. The molecule has 1 aromatic heterocycles. The zero-order valence-corrected chi connectivity index (χ0v) is 11.1. The Bertz CT molecular complexity index is 408. The predicted octanol–water partition coefficient (Wildman–Crippen LogP) is 2.34. The van der Waals surface area contributed by atoms with Crippen LogP contribution in [0.2, 0.25) is 0 Å². The third kappa shape index (κ3) is 2.97. The van der Waals surface area contributed by atoms with Gasteiger partial charge in [-0.15, -0.1) is 0 Å². The number of nitrogens with two attached hydrogens (primary N) is 1. The number of hydrogen-bond donors (Lipinski definition) is 2. The van der Waals surface area contributed by atoms with E-state index in [1.165, 1.54) is 24.2 Å². The average Bonchev–Trinajstić information content (AvgIpc) is 2.61. The van der Waals surface area contributed by atoms with Crippen molar-refractivity contribution in [2.75, 3.05) is 5.73 Å². The maximum Gasteiger partial charge on any atom is 0.263 e. The molecule has 0 unspecified atom stereocenters. The molecule has 0 aliphatic heterocycles. The maximum atomic E-state index is 12.0. The molecule has 4 nitrogen and oxygen atoms in total. The van der Waals surface area contributed by atoms with Crippen LogP contribution < -0.4 is 11.1 Å². The van der Waals surface area contributed by atoms with Crippen LogP contribution in [0, 0.1) is 12.8 Å². The minimum atomic E-state index is -0.0174. The zero-order chi connectivity index (χ0) is 12.4. The highest BCUT2D eigenvalue weighted by Gasteiger charge is 2.22. The Balaban J connectivity index is 1.95. The van der Waals surface area contributed by atoms with E-state index < -0.39 is 0 Å². The number of anilines is 1. The molecule has 2 rings (SSSR count). The van der Waals surface area contributed by atoms with Crippen LogP contribution in [-0.4, -0.2) is 16.9 Å². The Kier molecular flexibility index (Phi) is 3.66. The van der Waals surface area contributed by atoms with Gasteiger partial charge in [0.25, 0.3) is 5.91 Å². The Morgan fingerprint density at radius 3 is 2.59 bits per heavy atom. The van der Waals surface area contributed by atoms with Gasteiger partial charge < -0.3 is 11.1 Å². The summed E-state index contributed by atoms with van der Waals surface area (Å²) in [5.74, 6) is 0.778. The lowest BCUT2D eigenvalue weighted by molar-refractivity contribution is 0.0926. The first-order valence-electron chi connectivity index (χ1n) is 6.10. The van der Waals surface area contributed by atoms with Crippen LogP contribution in [0.25, 0.3) is 0 Å². The molecule has 1 aliphatic carbocycles. The van der Waals surface area contributed by atoms with Gasteiger partial charge in [-0.1, -0.05) is 18.3 Å². The molecule has 1 heterocycles. The molecule has 0 radical (unpaired) electrons. The summed E-state index contributed by atoms with van der Waals surface area (Å²) < 4.78 is 0. The lowest BCUT2D eigenvalue weighted by atomic mass is 9.87. The van der Waals surface area contributed by atoms with E-state index in [4.69, 9.17) is 5.73 Å². The predicted molar refractivity (Wildman–Crippen MR) is 70.1 cm³/mol. The molecule has 0 saturated heterocycles. The lowest BCUT2D eigenvalue weighted by Crippen LogP contribution is -2.37. The fourth-order valence-corrected chi connectivity index (χ4v) is 3.02. The lowest BCUT2D eigenvalue weighted by Gasteiger charge is -2.26. The zero-order valence-electron chi connectivity index (χ0n) is 10.3. The Labute approximate surface area is 106 Å². The number of hydrogen-bond acceptors (Lipinski definition) is 4. The summed E-state index contributed by atoms with van der Waals surface area (Å²) in [4.78, 5) is 16.8. The van der Waals surface area contributed by atoms with Crippen LogP contribution in [0.3, 0.4) is 0 Å². The quantitative estimate of drug-likeness (QED) is 0.850. The number of nitrogens with zero attached hydrogens (tertiary/aromatic N) is 1. The monoisotopic (exact) mass is 253 g/mol.